The van der Waals surface area contributed by atoms with E-state index in [4.69, 9.17) is 5.11 Å². The van der Waals surface area contributed by atoms with Crippen LogP contribution in [0, 0.1) is 6.92 Å². The number of pyridine rings is 1. The van der Waals surface area contributed by atoms with Gasteiger partial charge in [0.05, 0.1) is 6.20 Å². The number of rotatable bonds is 1. The van der Waals surface area contributed by atoms with E-state index in [9.17, 15) is 4.79 Å². The van der Waals surface area contributed by atoms with E-state index in [0.29, 0.717) is 5.65 Å². The summed E-state index contributed by atoms with van der Waals surface area (Å²) in [5.74, 6) is -0.967. The zero-order chi connectivity index (χ0) is 12.0. The van der Waals surface area contributed by atoms with Gasteiger partial charge in [-0.05, 0) is 23.9 Å². The molecule has 1 N–H and O–H groups in total. The second-order valence-corrected chi connectivity index (χ2v) is 4.00. The van der Waals surface area contributed by atoms with Gasteiger partial charge in [0.1, 0.15) is 5.65 Å². The van der Waals surface area contributed by atoms with E-state index in [1.165, 1.54) is 6.20 Å². The molecule has 1 aromatic carbocycles. The molecule has 2 heterocycles. The first-order chi connectivity index (χ1) is 8.18. The van der Waals surface area contributed by atoms with Crippen LogP contribution in [-0.2, 0) is 0 Å². The summed E-state index contributed by atoms with van der Waals surface area (Å²) in [6.45, 7) is 2.00. The van der Waals surface area contributed by atoms with Crippen molar-refractivity contribution in [3.8, 4) is 0 Å². The highest BCUT2D eigenvalue weighted by Gasteiger charge is 2.12. The maximum atomic E-state index is 11.0. The average molecular weight is 226 g/mol. The minimum atomic E-state index is -0.967. The summed E-state index contributed by atoms with van der Waals surface area (Å²) >= 11 is 0. The van der Waals surface area contributed by atoms with E-state index in [1.807, 2.05) is 31.2 Å². The van der Waals surface area contributed by atoms with Gasteiger partial charge >= 0.3 is 5.97 Å². The minimum absolute atomic E-state index is 0.185. The highest BCUT2D eigenvalue weighted by atomic mass is 16.4. The number of carbonyl (C=O) groups is 1. The van der Waals surface area contributed by atoms with Crippen LogP contribution in [-0.4, -0.2) is 20.5 Å². The Kier molecular flexibility index (Phi) is 1.92. The predicted octanol–water partition coefficient (Wildman–Crippen LogP) is 2.49. The number of fused-ring (bicyclic) bond motifs is 3. The number of benzene rings is 1. The SMILES string of the molecule is Cc1cccc2ccn3c(C(=O)O)cnc3c12. The lowest BCUT2D eigenvalue weighted by Crippen LogP contribution is -2.01. The van der Waals surface area contributed by atoms with Gasteiger partial charge in [0, 0.05) is 11.6 Å². The smallest absolute Gasteiger partial charge is 0.354 e. The number of carboxylic acid groups (broad SMARTS) is 1. The summed E-state index contributed by atoms with van der Waals surface area (Å²) in [5.41, 5.74) is 1.97. The van der Waals surface area contributed by atoms with Crippen LogP contribution in [0.3, 0.4) is 0 Å². The fourth-order valence-electron chi connectivity index (χ4n) is 2.14. The molecule has 0 saturated carbocycles. The van der Waals surface area contributed by atoms with Crippen molar-refractivity contribution >= 4 is 22.4 Å². The third-order valence-electron chi connectivity index (χ3n) is 2.95. The van der Waals surface area contributed by atoms with Gasteiger partial charge in [-0.3, -0.25) is 4.40 Å². The summed E-state index contributed by atoms with van der Waals surface area (Å²) in [6.07, 6.45) is 3.14. The molecule has 4 heteroatoms. The number of imidazole rings is 1. The van der Waals surface area contributed by atoms with Crippen LogP contribution >= 0.6 is 0 Å². The summed E-state index contributed by atoms with van der Waals surface area (Å²) in [7, 11) is 0. The molecule has 84 valence electrons. The number of aryl methyl sites for hydroxylation is 1. The molecular weight excluding hydrogens is 216 g/mol. The second-order valence-electron chi connectivity index (χ2n) is 4.00. The zero-order valence-electron chi connectivity index (χ0n) is 9.21. The Hall–Kier alpha value is -2.36. The molecule has 3 rings (SSSR count). The molecular formula is C13H10N2O2. The summed E-state index contributed by atoms with van der Waals surface area (Å²) in [4.78, 5) is 15.2. The maximum Gasteiger partial charge on any atom is 0.354 e. The third-order valence-corrected chi connectivity index (χ3v) is 2.95. The van der Waals surface area contributed by atoms with Crippen molar-refractivity contribution in [1.29, 1.82) is 0 Å². The number of aromatic carboxylic acids is 1. The molecule has 2 aromatic heterocycles. The first-order valence-corrected chi connectivity index (χ1v) is 5.27. The Morgan fingerprint density at radius 1 is 1.35 bits per heavy atom. The molecule has 0 aliphatic rings. The van der Waals surface area contributed by atoms with Crippen molar-refractivity contribution in [1.82, 2.24) is 9.38 Å². The summed E-state index contributed by atoms with van der Waals surface area (Å²) in [5, 5.41) is 11.1. The first kappa shape index (κ1) is 9.84. The van der Waals surface area contributed by atoms with E-state index < -0.39 is 5.97 Å². The Bertz CT molecular complexity index is 744. The van der Waals surface area contributed by atoms with Gasteiger partial charge in [-0.15, -0.1) is 0 Å². The fourth-order valence-corrected chi connectivity index (χ4v) is 2.14. The van der Waals surface area contributed by atoms with Crippen LogP contribution in [0.5, 0.6) is 0 Å². The molecule has 4 nitrogen and oxygen atoms in total. The monoisotopic (exact) mass is 226 g/mol. The molecule has 0 unspecified atom stereocenters. The molecule has 0 aliphatic heterocycles. The summed E-state index contributed by atoms with van der Waals surface area (Å²) in [6, 6.07) is 7.88. The Morgan fingerprint density at radius 3 is 2.94 bits per heavy atom. The highest BCUT2D eigenvalue weighted by Crippen LogP contribution is 2.23. The fraction of sp³-hybridized carbons (Fsp3) is 0.0769. The van der Waals surface area contributed by atoms with Gasteiger partial charge in [-0.25, -0.2) is 9.78 Å². The number of carboxylic acids is 1. The maximum absolute atomic E-state index is 11.0. The first-order valence-electron chi connectivity index (χ1n) is 5.27. The Morgan fingerprint density at radius 2 is 2.18 bits per heavy atom. The number of hydrogen-bond acceptors (Lipinski definition) is 2. The van der Waals surface area contributed by atoms with E-state index in [0.717, 1.165) is 16.3 Å². The van der Waals surface area contributed by atoms with Crippen molar-refractivity contribution in [2.45, 2.75) is 6.92 Å². The van der Waals surface area contributed by atoms with Crippen LogP contribution in [0.4, 0.5) is 0 Å². The van der Waals surface area contributed by atoms with E-state index in [1.54, 1.807) is 10.6 Å². The zero-order valence-corrected chi connectivity index (χ0v) is 9.21. The second kappa shape index (κ2) is 3.31. The topological polar surface area (TPSA) is 54.6 Å². The third kappa shape index (κ3) is 1.30. The minimum Gasteiger partial charge on any atom is -0.477 e. The van der Waals surface area contributed by atoms with Gasteiger partial charge in [-0.2, -0.15) is 0 Å². The molecule has 0 bridgehead atoms. The molecule has 0 amide bonds. The molecule has 0 saturated heterocycles. The van der Waals surface area contributed by atoms with Crippen molar-refractivity contribution < 1.29 is 9.90 Å². The molecule has 3 aromatic rings. The van der Waals surface area contributed by atoms with Crippen molar-refractivity contribution in [2.24, 2.45) is 0 Å². The van der Waals surface area contributed by atoms with E-state index in [-0.39, 0.29) is 5.69 Å². The molecule has 0 fully saturated rings. The van der Waals surface area contributed by atoms with Crippen LogP contribution < -0.4 is 0 Å². The van der Waals surface area contributed by atoms with Crippen LogP contribution in [0.15, 0.2) is 36.7 Å². The molecule has 0 aliphatic carbocycles. The van der Waals surface area contributed by atoms with E-state index >= 15 is 0 Å². The van der Waals surface area contributed by atoms with Crippen LogP contribution in [0.1, 0.15) is 16.1 Å². The van der Waals surface area contributed by atoms with Crippen molar-refractivity contribution in [2.75, 3.05) is 0 Å². The standard InChI is InChI=1S/C13H10N2O2/c1-8-3-2-4-9-5-6-15-10(13(16)17)7-14-12(15)11(8)9/h2-7H,1H3,(H,16,17). The Balaban J connectivity index is 2.53. The lowest BCUT2D eigenvalue weighted by molar-refractivity contribution is 0.0689. The Labute approximate surface area is 97.1 Å². The van der Waals surface area contributed by atoms with Gasteiger partial charge in [-0.1, -0.05) is 18.2 Å². The highest BCUT2D eigenvalue weighted by molar-refractivity contribution is 5.98. The normalized spacial score (nSPS) is 11.1. The number of nitrogens with zero attached hydrogens (tertiary/aromatic N) is 2. The van der Waals surface area contributed by atoms with E-state index in [2.05, 4.69) is 4.98 Å². The van der Waals surface area contributed by atoms with Crippen molar-refractivity contribution in [3.63, 3.8) is 0 Å². The predicted molar refractivity (Wildman–Crippen MR) is 64.4 cm³/mol. The van der Waals surface area contributed by atoms with Crippen LogP contribution in [0.2, 0.25) is 0 Å². The number of hydrogen-bond donors (Lipinski definition) is 1. The number of aromatic nitrogens is 2. The lowest BCUT2D eigenvalue weighted by atomic mass is 10.1. The largest absolute Gasteiger partial charge is 0.477 e. The van der Waals surface area contributed by atoms with Crippen LogP contribution in [0.25, 0.3) is 16.4 Å². The van der Waals surface area contributed by atoms with Gasteiger partial charge in [0.2, 0.25) is 0 Å². The van der Waals surface area contributed by atoms with Gasteiger partial charge in [0.15, 0.2) is 5.69 Å². The average Bonchev–Trinajstić information content (AvgIpc) is 2.72. The van der Waals surface area contributed by atoms with Gasteiger partial charge in [0.25, 0.3) is 0 Å². The lowest BCUT2D eigenvalue weighted by Gasteiger charge is -2.04. The van der Waals surface area contributed by atoms with Crippen molar-refractivity contribution in [3.05, 3.63) is 47.9 Å². The quantitative estimate of drug-likeness (QED) is 0.693. The molecule has 0 atom stereocenters. The molecule has 0 radical (unpaired) electrons. The molecule has 0 spiro atoms. The van der Waals surface area contributed by atoms with Gasteiger partial charge < -0.3 is 5.11 Å². The summed E-state index contributed by atoms with van der Waals surface area (Å²) < 4.78 is 1.61. The molecule has 17 heavy (non-hydrogen) atoms.